The maximum Gasteiger partial charge on any atom is 0.247 e. The van der Waals surface area contributed by atoms with Gasteiger partial charge in [0, 0.05) is 56.2 Å². The quantitative estimate of drug-likeness (QED) is 0.347. The zero-order valence-electron chi connectivity index (χ0n) is 21.3. The van der Waals surface area contributed by atoms with Gasteiger partial charge < -0.3 is 25.0 Å². The van der Waals surface area contributed by atoms with Crippen molar-refractivity contribution in [1.82, 2.24) is 29.4 Å². The molecule has 2 N–H and O–H groups in total. The number of rotatable bonds is 9. The predicted molar refractivity (Wildman–Crippen MR) is 145 cm³/mol. The minimum Gasteiger partial charge on any atom is -0.372 e. The van der Waals surface area contributed by atoms with Gasteiger partial charge in [-0.05, 0) is 56.9 Å². The van der Waals surface area contributed by atoms with E-state index in [2.05, 4.69) is 46.9 Å². The molecule has 0 spiro atoms. The van der Waals surface area contributed by atoms with Gasteiger partial charge in [-0.15, -0.1) is 0 Å². The Hall–Kier alpha value is -4.31. The smallest absolute Gasteiger partial charge is 0.247 e. The van der Waals surface area contributed by atoms with Crippen LogP contribution in [0.4, 0.5) is 23.0 Å². The Balaban J connectivity index is 1.67. The number of anilines is 4. The Morgan fingerprint density at radius 3 is 2.69 bits per heavy atom. The van der Waals surface area contributed by atoms with Gasteiger partial charge in [0.15, 0.2) is 5.82 Å². The number of nitrogens with zero attached hydrogens (tertiary/aromatic N) is 7. The van der Waals surface area contributed by atoms with Gasteiger partial charge in [-0.3, -0.25) is 4.79 Å². The average molecular weight is 486 g/mol. The molecule has 0 aliphatic rings. The number of hydrogen-bond donors (Lipinski definition) is 2. The van der Waals surface area contributed by atoms with Crippen molar-refractivity contribution >= 4 is 40.0 Å². The van der Waals surface area contributed by atoms with E-state index in [1.54, 1.807) is 6.20 Å². The summed E-state index contributed by atoms with van der Waals surface area (Å²) >= 11 is 0. The molecule has 4 rings (SSSR count). The molecule has 1 amide bonds. The van der Waals surface area contributed by atoms with Crippen molar-refractivity contribution < 1.29 is 4.79 Å². The maximum absolute atomic E-state index is 12.2. The molecule has 0 bridgehead atoms. The Bertz CT molecular complexity index is 1410. The summed E-state index contributed by atoms with van der Waals surface area (Å²) in [6.07, 6.45) is 6.47. The Morgan fingerprint density at radius 1 is 1.14 bits per heavy atom. The number of aromatic nitrogens is 5. The molecule has 0 saturated carbocycles. The van der Waals surface area contributed by atoms with Crippen molar-refractivity contribution in [2.75, 3.05) is 49.8 Å². The van der Waals surface area contributed by atoms with Gasteiger partial charge in [0.25, 0.3) is 0 Å². The van der Waals surface area contributed by atoms with Crippen LogP contribution in [0.1, 0.15) is 5.56 Å². The number of pyridine rings is 1. The van der Waals surface area contributed by atoms with E-state index in [-0.39, 0.29) is 5.91 Å². The van der Waals surface area contributed by atoms with E-state index in [1.165, 1.54) is 12.4 Å². The largest absolute Gasteiger partial charge is 0.372 e. The van der Waals surface area contributed by atoms with Crippen molar-refractivity contribution in [2.45, 2.75) is 6.92 Å². The summed E-state index contributed by atoms with van der Waals surface area (Å²) in [4.78, 5) is 34.2. The molecule has 0 radical (unpaired) electrons. The average Bonchev–Trinajstić information content (AvgIpc) is 3.21. The van der Waals surface area contributed by atoms with Crippen molar-refractivity contribution in [2.24, 2.45) is 7.05 Å². The lowest BCUT2D eigenvalue weighted by Crippen LogP contribution is -2.29. The van der Waals surface area contributed by atoms with Crippen LogP contribution in [-0.2, 0) is 11.8 Å². The summed E-state index contributed by atoms with van der Waals surface area (Å²) in [6, 6.07) is 7.82. The molecule has 3 heterocycles. The third-order valence-corrected chi connectivity index (χ3v) is 5.87. The third-order valence-electron chi connectivity index (χ3n) is 5.87. The van der Waals surface area contributed by atoms with Gasteiger partial charge in [-0.2, -0.15) is 4.98 Å². The molecule has 3 aromatic heterocycles. The molecule has 0 saturated heterocycles. The Labute approximate surface area is 210 Å². The third kappa shape index (κ3) is 5.33. The van der Waals surface area contributed by atoms with Gasteiger partial charge in [0.1, 0.15) is 12.0 Å². The molecule has 10 nitrogen and oxygen atoms in total. The second-order valence-electron chi connectivity index (χ2n) is 8.89. The molecule has 0 atom stereocenters. The monoisotopic (exact) mass is 485 g/mol. The summed E-state index contributed by atoms with van der Waals surface area (Å²) in [7, 11) is 8.01. The van der Waals surface area contributed by atoms with E-state index >= 15 is 0 Å². The molecule has 0 aliphatic heterocycles. The molecule has 10 heteroatoms. The summed E-state index contributed by atoms with van der Waals surface area (Å²) in [5, 5.41) is 7.19. The summed E-state index contributed by atoms with van der Waals surface area (Å²) in [6.45, 7) is 7.26. The molecule has 36 heavy (non-hydrogen) atoms. The van der Waals surface area contributed by atoms with E-state index in [1.807, 2.05) is 70.1 Å². The number of carbonyl (C=O) groups is 1. The van der Waals surface area contributed by atoms with Crippen LogP contribution in [0.3, 0.4) is 0 Å². The zero-order valence-corrected chi connectivity index (χ0v) is 21.3. The molecule has 4 aromatic rings. The summed E-state index contributed by atoms with van der Waals surface area (Å²) < 4.78 is 1.95. The fraction of sp³-hybridized carbons (Fsp3) is 0.269. The van der Waals surface area contributed by atoms with Crippen LogP contribution in [0, 0.1) is 6.92 Å². The van der Waals surface area contributed by atoms with Gasteiger partial charge >= 0.3 is 0 Å². The van der Waals surface area contributed by atoms with Gasteiger partial charge in [0.2, 0.25) is 11.9 Å². The first-order valence-electron chi connectivity index (χ1n) is 11.6. The van der Waals surface area contributed by atoms with Crippen molar-refractivity contribution in [3.05, 3.63) is 61.2 Å². The fourth-order valence-electron chi connectivity index (χ4n) is 3.90. The molecule has 1 aromatic carbocycles. The molecule has 0 fully saturated rings. The molecule has 186 valence electrons. The number of carbonyl (C=O) groups excluding carboxylic acids is 1. The fourth-order valence-corrected chi connectivity index (χ4v) is 3.90. The number of fused-ring (bicyclic) bond motifs is 1. The van der Waals surface area contributed by atoms with Crippen LogP contribution in [0.15, 0.2) is 55.6 Å². The lowest BCUT2D eigenvalue weighted by atomic mass is 10.1. The highest BCUT2D eigenvalue weighted by molar-refractivity contribution is 6.02. The second kappa shape index (κ2) is 10.5. The first-order chi connectivity index (χ1) is 17.3. The number of amides is 1. The van der Waals surface area contributed by atoms with Crippen LogP contribution in [0.5, 0.6) is 0 Å². The van der Waals surface area contributed by atoms with Crippen LogP contribution in [-0.4, -0.2) is 69.5 Å². The highest BCUT2D eigenvalue weighted by atomic mass is 16.1. The molecule has 0 aliphatic carbocycles. The Kier molecular flexibility index (Phi) is 7.25. The number of hydrogen-bond acceptors (Lipinski definition) is 8. The maximum atomic E-state index is 12.2. The minimum absolute atomic E-state index is 0.279. The van der Waals surface area contributed by atoms with E-state index in [0.717, 1.165) is 46.6 Å². The predicted octanol–water partition coefficient (Wildman–Crippen LogP) is 3.60. The second-order valence-corrected chi connectivity index (χ2v) is 8.89. The number of benzene rings is 1. The summed E-state index contributed by atoms with van der Waals surface area (Å²) in [5.74, 6) is 0.668. The minimum atomic E-state index is -0.279. The first kappa shape index (κ1) is 24.8. The Morgan fingerprint density at radius 2 is 1.94 bits per heavy atom. The first-order valence-corrected chi connectivity index (χ1v) is 11.6. The topological polar surface area (TPSA) is 104 Å². The van der Waals surface area contributed by atoms with Gasteiger partial charge in [-0.25, -0.2) is 15.0 Å². The van der Waals surface area contributed by atoms with Gasteiger partial charge in [0.05, 0.1) is 11.4 Å². The SMILES string of the molecule is C=CC(=O)Nc1cc(Nc2ncnc(-c3cn(C)c4ncccc34)n2)c(C)cc1N(C)CCN(C)C. The number of nitrogens with one attached hydrogen (secondary N) is 2. The standard InChI is InChI=1S/C26H31N9O/c1-7-23(36)30-21-14-20(17(2)13-22(21)34(5)12-11-33(3)4)31-26-29-16-28-24(32-26)19-15-35(6)25-18(19)9-8-10-27-25/h7-10,13-16H,1,11-12H2,2-6H3,(H,30,36)(H,28,29,31,32). The van der Waals surface area contributed by atoms with Crippen LogP contribution >= 0.6 is 0 Å². The van der Waals surface area contributed by atoms with Crippen molar-refractivity contribution in [3.63, 3.8) is 0 Å². The molecular weight excluding hydrogens is 454 g/mol. The van der Waals surface area contributed by atoms with Crippen molar-refractivity contribution in [1.29, 1.82) is 0 Å². The van der Waals surface area contributed by atoms with E-state index in [4.69, 9.17) is 0 Å². The lowest BCUT2D eigenvalue weighted by molar-refractivity contribution is -0.111. The van der Waals surface area contributed by atoms with Crippen LogP contribution < -0.4 is 15.5 Å². The number of likely N-dealkylation sites (N-methyl/N-ethyl adjacent to an activating group) is 2. The molecule has 0 unspecified atom stereocenters. The highest BCUT2D eigenvalue weighted by Gasteiger charge is 2.16. The normalized spacial score (nSPS) is 11.1. The van der Waals surface area contributed by atoms with Gasteiger partial charge in [-0.1, -0.05) is 6.58 Å². The van der Waals surface area contributed by atoms with E-state index < -0.39 is 0 Å². The summed E-state index contributed by atoms with van der Waals surface area (Å²) in [5.41, 5.74) is 5.07. The number of aryl methyl sites for hydroxylation is 2. The van der Waals surface area contributed by atoms with Crippen LogP contribution in [0.25, 0.3) is 22.4 Å². The van der Waals surface area contributed by atoms with E-state index in [0.29, 0.717) is 17.5 Å². The zero-order chi connectivity index (χ0) is 25.8. The lowest BCUT2D eigenvalue weighted by Gasteiger charge is -2.25. The highest BCUT2D eigenvalue weighted by Crippen LogP contribution is 2.33. The molecular formula is C26H31N9O. The van der Waals surface area contributed by atoms with Crippen molar-refractivity contribution in [3.8, 4) is 11.4 Å². The van der Waals surface area contributed by atoms with E-state index in [9.17, 15) is 4.79 Å². The van der Waals surface area contributed by atoms with Crippen LogP contribution in [0.2, 0.25) is 0 Å².